The molecule has 212 valence electrons. The Balaban J connectivity index is 1.47. The lowest BCUT2D eigenvalue weighted by molar-refractivity contribution is -0.142. The smallest absolute Gasteiger partial charge is 0.305 e. The van der Waals surface area contributed by atoms with Gasteiger partial charge in [0.05, 0.1) is 40.3 Å². The number of hydrogen-bond donors (Lipinski definition) is 2. The van der Waals surface area contributed by atoms with Gasteiger partial charge >= 0.3 is 5.97 Å². The van der Waals surface area contributed by atoms with Crippen molar-refractivity contribution in [2.75, 3.05) is 11.4 Å². The first kappa shape index (κ1) is 27.1. The number of halogens is 2. The lowest BCUT2D eigenvalue weighted by Crippen LogP contribution is -2.48. The lowest BCUT2D eigenvalue weighted by Gasteiger charge is -2.49. The second-order valence-corrected chi connectivity index (χ2v) is 11.7. The number of benzene rings is 2. The van der Waals surface area contributed by atoms with Gasteiger partial charge in [-0.1, -0.05) is 35.4 Å². The van der Waals surface area contributed by atoms with Gasteiger partial charge in [0.2, 0.25) is 23.6 Å². The summed E-state index contributed by atoms with van der Waals surface area (Å²) in [5.41, 5.74) is 0.109. The van der Waals surface area contributed by atoms with Crippen molar-refractivity contribution in [2.45, 2.75) is 32.1 Å². The Bertz CT molecular complexity index is 1570. The third-order valence-electron chi connectivity index (χ3n) is 9.28. The average Bonchev–Trinajstić information content (AvgIpc) is 3.28. The Labute approximate surface area is 239 Å². The molecule has 3 fully saturated rings. The number of amides is 4. The van der Waals surface area contributed by atoms with Crippen LogP contribution in [-0.4, -0.2) is 51.3 Å². The molecule has 2 aromatic carbocycles. The number of allylic oxidation sites excluding steroid dienone is 2. The number of carboxylic acid groups (broad SMARTS) is 1. The van der Waals surface area contributed by atoms with Crippen LogP contribution >= 0.6 is 11.6 Å². The van der Waals surface area contributed by atoms with E-state index in [1.54, 1.807) is 19.1 Å². The number of fused-ring (bicyclic) bond motifs is 4. The van der Waals surface area contributed by atoms with Crippen LogP contribution in [0.1, 0.15) is 37.7 Å². The zero-order chi connectivity index (χ0) is 29.4. The molecule has 0 bridgehead atoms. The van der Waals surface area contributed by atoms with Gasteiger partial charge in [-0.25, -0.2) is 9.29 Å². The number of anilines is 1. The van der Waals surface area contributed by atoms with Crippen LogP contribution in [0.4, 0.5) is 10.1 Å². The number of rotatable bonds is 5. The van der Waals surface area contributed by atoms with Crippen LogP contribution in [0.2, 0.25) is 5.02 Å². The first-order chi connectivity index (χ1) is 19.4. The molecule has 2 aliphatic heterocycles. The number of hydrogen-bond acceptors (Lipinski definition) is 6. The van der Waals surface area contributed by atoms with E-state index >= 15 is 0 Å². The minimum absolute atomic E-state index is 0.0371. The predicted molar refractivity (Wildman–Crippen MR) is 143 cm³/mol. The standard InChI is InChI=1S/C30H26ClFN2O7/c1-30-20(27(39)34(29(30)41)15-5-8-22(32)21(31)12-15)13-19-17(25(30)14-3-2-4-16(35)11-14)6-7-18-24(19)28(40)33(26(18)38)10-9-23(36)37/h2-6,8,11-12,18-20,24-25,35H,7,9-10,13H2,1H3,(H,36,37)/t18-,19+,20-,24-,25-,30+/m0/s1. The van der Waals surface area contributed by atoms with E-state index in [1.165, 1.54) is 24.3 Å². The number of carbonyl (C=O) groups is 5. The normalized spacial score (nSPS) is 30.7. The topological polar surface area (TPSA) is 132 Å². The highest BCUT2D eigenvalue weighted by Gasteiger charge is 2.67. The third-order valence-corrected chi connectivity index (χ3v) is 9.57. The number of phenolic OH excluding ortho intramolecular Hbond substituents is 1. The van der Waals surface area contributed by atoms with E-state index in [0.29, 0.717) is 5.56 Å². The van der Waals surface area contributed by atoms with E-state index < -0.39 is 70.4 Å². The number of carbonyl (C=O) groups excluding carboxylic acids is 4. The maximum atomic E-state index is 14.3. The van der Waals surface area contributed by atoms with Gasteiger partial charge in [-0.3, -0.25) is 28.9 Å². The first-order valence-electron chi connectivity index (χ1n) is 13.3. The first-order valence-corrected chi connectivity index (χ1v) is 13.7. The quantitative estimate of drug-likeness (QED) is 0.405. The molecule has 41 heavy (non-hydrogen) atoms. The number of nitrogens with zero attached hydrogens (tertiary/aromatic N) is 2. The number of aromatic hydroxyl groups is 1. The van der Waals surface area contributed by atoms with Crippen molar-refractivity contribution in [3.05, 3.63) is 70.5 Å². The molecule has 0 unspecified atom stereocenters. The summed E-state index contributed by atoms with van der Waals surface area (Å²) in [6.45, 7) is 1.46. The van der Waals surface area contributed by atoms with E-state index in [4.69, 9.17) is 16.7 Å². The zero-order valence-corrected chi connectivity index (χ0v) is 22.7. The number of aliphatic carboxylic acids is 1. The van der Waals surface area contributed by atoms with Crippen molar-refractivity contribution < 1.29 is 38.6 Å². The fourth-order valence-corrected chi connectivity index (χ4v) is 7.64. The molecule has 4 amide bonds. The molecular weight excluding hydrogens is 555 g/mol. The molecule has 6 atom stereocenters. The Morgan fingerprint density at radius 3 is 2.51 bits per heavy atom. The molecule has 2 N–H and O–H groups in total. The molecule has 2 heterocycles. The zero-order valence-electron chi connectivity index (χ0n) is 21.9. The fourth-order valence-electron chi connectivity index (χ4n) is 7.46. The molecule has 2 aliphatic carbocycles. The summed E-state index contributed by atoms with van der Waals surface area (Å²) in [6.07, 6.45) is 1.82. The Morgan fingerprint density at radius 1 is 1.07 bits per heavy atom. The van der Waals surface area contributed by atoms with Crippen molar-refractivity contribution in [3.63, 3.8) is 0 Å². The monoisotopic (exact) mass is 580 g/mol. The molecule has 0 spiro atoms. The van der Waals surface area contributed by atoms with Crippen LogP contribution in [0.15, 0.2) is 54.1 Å². The number of imide groups is 2. The van der Waals surface area contributed by atoms with Crippen molar-refractivity contribution >= 4 is 46.9 Å². The van der Waals surface area contributed by atoms with Crippen LogP contribution in [0.3, 0.4) is 0 Å². The van der Waals surface area contributed by atoms with Gasteiger partial charge in [0, 0.05) is 12.5 Å². The van der Waals surface area contributed by atoms with Crippen LogP contribution in [0.5, 0.6) is 5.75 Å². The molecule has 0 radical (unpaired) electrons. The summed E-state index contributed by atoms with van der Waals surface area (Å²) in [5, 5.41) is 19.2. The molecule has 2 aromatic rings. The highest BCUT2D eigenvalue weighted by atomic mass is 35.5. The summed E-state index contributed by atoms with van der Waals surface area (Å²) < 4.78 is 13.9. The van der Waals surface area contributed by atoms with Gasteiger partial charge < -0.3 is 10.2 Å². The highest BCUT2D eigenvalue weighted by Crippen LogP contribution is 2.63. The van der Waals surface area contributed by atoms with Gasteiger partial charge in [0.25, 0.3) is 0 Å². The van der Waals surface area contributed by atoms with Crippen LogP contribution in [0, 0.1) is 34.9 Å². The van der Waals surface area contributed by atoms with Crippen LogP contribution in [-0.2, 0) is 24.0 Å². The number of phenols is 1. The fraction of sp³-hybridized carbons (Fsp3) is 0.367. The van der Waals surface area contributed by atoms with Crippen molar-refractivity contribution in [1.82, 2.24) is 4.90 Å². The Hall–Kier alpha value is -4.05. The van der Waals surface area contributed by atoms with Gasteiger partial charge in [-0.05, 0) is 61.6 Å². The SMILES string of the molecule is C[C@@]12C(=O)N(c3ccc(F)c(Cl)c3)C(=O)[C@@H]1C[C@@H]1C(=CC[C@@H]3C(=O)N(CCC(=O)O)C(=O)[C@@H]31)[C@@H]2c1cccc(O)c1. The van der Waals surface area contributed by atoms with E-state index in [9.17, 15) is 33.5 Å². The van der Waals surface area contributed by atoms with Crippen LogP contribution < -0.4 is 4.90 Å². The largest absolute Gasteiger partial charge is 0.508 e. The summed E-state index contributed by atoms with van der Waals surface area (Å²) in [4.78, 5) is 68.3. The van der Waals surface area contributed by atoms with Crippen molar-refractivity contribution in [3.8, 4) is 5.75 Å². The predicted octanol–water partition coefficient (Wildman–Crippen LogP) is 3.89. The number of carboxylic acids is 1. The van der Waals surface area contributed by atoms with Gasteiger partial charge in [0.15, 0.2) is 0 Å². The second kappa shape index (κ2) is 9.51. The van der Waals surface area contributed by atoms with E-state index in [2.05, 4.69) is 0 Å². The van der Waals surface area contributed by atoms with Crippen LogP contribution in [0.25, 0.3) is 0 Å². The minimum atomic E-state index is -1.32. The van der Waals surface area contributed by atoms with E-state index in [-0.39, 0.29) is 42.3 Å². The lowest BCUT2D eigenvalue weighted by atomic mass is 9.51. The van der Waals surface area contributed by atoms with Gasteiger partial charge in [-0.15, -0.1) is 0 Å². The van der Waals surface area contributed by atoms with Gasteiger partial charge in [-0.2, -0.15) is 0 Å². The number of likely N-dealkylation sites (tertiary alicyclic amines) is 1. The molecule has 1 saturated carbocycles. The summed E-state index contributed by atoms with van der Waals surface area (Å²) in [5.74, 6) is -7.50. The molecule has 9 nitrogen and oxygen atoms in total. The highest BCUT2D eigenvalue weighted by molar-refractivity contribution is 6.31. The maximum Gasteiger partial charge on any atom is 0.305 e. The maximum absolute atomic E-state index is 14.3. The average molecular weight is 581 g/mol. The minimum Gasteiger partial charge on any atom is -0.508 e. The summed E-state index contributed by atoms with van der Waals surface area (Å²) in [6, 6.07) is 10.0. The molecule has 4 aliphatic rings. The van der Waals surface area contributed by atoms with E-state index in [0.717, 1.165) is 21.4 Å². The summed E-state index contributed by atoms with van der Waals surface area (Å²) >= 11 is 5.99. The van der Waals surface area contributed by atoms with Gasteiger partial charge in [0.1, 0.15) is 11.6 Å². The molecule has 2 saturated heterocycles. The molecule has 11 heteroatoms. The Kier molecular flexibility index (Phi) is 6.29. The van der Waals surface area contributed by atoms with Crippen molar-refractivity contribution in [1.29, 1.82) is 0 Å². The summed E-state index contributed by atoms with van der Waals surface area (Å²) in [7, 11) is 0. The third kappa shape index (κ3) is 3.91. The molecule has 6 rings (SSSR count). The second-order valence-electron chi connectivity index (χ2n) is 11.3. The molecule has 0 aromatic heterocycles. The van der Waals surface area contributed by atoms with Crippen molar-refractivity contribution in [2.24, 2.45) is 29.1 Å². The van der Waals surface area contributed by atoms with E-state index in [1.807, 2.05) is 6.08 Å². The molecular formula is C30H26ClFN2O7. The Morgan fingerprint density at radius 2 is 1.83 bits per heavy atom.